The Labute approximate surface area is 171 Å². The van der Waals surface area contributed by atoms with E-state index in [1.165, 1.54) is 22.3 Å². The number of anilines is 1. The van der Waals surface area contributed by atoms with Gasteiger partial charge in [0.2, 0.25) is 0 Å². The lowest BCUT2D eigenvalue weighted by molar-refractivity contribution is 0.0652. The minimum absolute atomic E-state index is 0.271. The first-order valence-electron chi connectivity index (χ1n) is 9.28. The van der Waals surface area contributed by atoms with Gasteiger partial charge < -0.3 is 4.74 Å². The Morgan fingerprint density at radius 3 is 2.69 bits per heavy atom. The zero-order valence-corrected chi connectivity index (χ0v) is 16.8. The van der Waals surface area contributed by atoms with E-state index in [2.05, 4.69) is 10.3 Å². The van der Waals surface area contributed by atoms with Crippen LogP contribution in [-0.2, 0) is 0 Å². The highest BCUT2D eigenvalue weighted by Crippen LogP contribution is 2.30. The molecule has 3 aromatic rings. The van der Waals surface area contributed by atoms with E-state index in [1.807, 2.05) is 19.1 Å². The second-order valence-electron chi connectivity index (χ2n) is 6.68. The Bertz CT molecular complexity index is 1140. The van der Waals surface area contributed by atoms with Crippen LogP contribution in [0.5, 0.6) is 5.75 Å². The van der Waals surface area contributed by atoms with E-state index in [0.717, 1.165) is 23.1 Å². The number of unbranched alkanes of at least 4 members (excludes halogenated alkanes) is 1. The molecule has 1 aliphatic rings. The van der Waals surface area contributed by atoms with Crippen molar-refractivity contribution in [2.45, 2.75) is 19.8 Å². The van der Waals surface area contributed by atoms with Crippen molar-refractivity contribution in [1.82, 2.24) is 9.88 Å². The van der Waals surface area contributed by atoms with Gasteiger partial charge in [-0.3, -0.25) is 24.6 Å². The van der Waals surface area contributed by atoms with Crippen molar-refractivity contribution in [2.75, 3.05) is 19.0 Å². The molecule has 0 atom stereocenters. The predicted molar refractivity (Wildman–Crippen MR) is 111 cm³/mol. The van der Waals surface area contributed by atoms with Crippen LogP contribution in [0.1, 0.15) is 50.8 Å². The summed E-state index contributed by atoms with van der Waals surface area (Å²) in [5.74, 6) is -0.315. The lowest BCUT2D eigenvalue weighted by Crippen LogP contribution is -2.30. The van der Waals surface area contributed by atoms with Crippen LogP contribution in [0.4, 0.5) is 5.13 Å². The van der Waals surface area contributed by atoms with E-state index in [0.29, 0.717) is 28.6 Å². The van der Waals surface area contributed by atoms with Crippen molar-refractivity contribution in [1.29, 1.82) is 0 Å². The first-order chi connectivity index (χ1) is 14.0. The zero-order chi connectivity index (χ0) is 20.5. The maximum Gasteiger partial charge on any atom is 0.261 e. The number of nitrogens with zero attached hydrogens (tertiary/aromatic N) is 2. The Hall–Kier alpha value is -3.26. The molecule has 0 saturated heterocycles. The third-order valence-electron chi connectivity index (χ3n) is 4.78. The fourth-order valence-corrected chi connectivity index (χ4v) is 4.10. The molecule has 1 aliphatic heterocycles. The number of hydrogen-bond acceptors (Lipinski definition) is 6. The van der Waals surface area contributed by atoms with Crippen molar-refractivity contribution >= 4 is 44.4 Å². The maximum absolute atomic E-state index is 12.7. The normalized spacial score (nSPS) is 13.1. The predicted octanol–water partition coefficient (Wildman–Crippen LogP) is 3.95. The number of rotatable bonds is 6. The smallest absolute Gasteiger partial charge is 0.261 e. The molecule has 3 amide bonds. The summed E-state index contributed by atoms with van der Waals surface area (Å²) in [6, 6.07) is 10.1. The van der Waals surface area contributed by atoms with Gasteiger partial charge in [-0.15, -0.1) is 0 Å². The summed E-state index contributed by atoms with van der Waals surface area (Å²) in [6.45, 7) is 2.39. The third kappa shape index (κ3) is 3.47. The average Bonchev–Trinajstić information content (AvgIpc) is 3.23. The van der Waals surface area contributed by atoms with Gasteiger partial charge in [0.1, 0.15) is 5.75 Å². The van der Waals surface area contributed by atoms with Crippen LogP contribution >= 0.6 is 11.3 Å². The quantitative estimate of drug-likeness (QED) is 0.623. The number of imide groups is 1. The average molecular weight is 409 g/mol. The second-order valence-corrected chi connectivity index (χ2v) is 7.71. The van der Waals surface area contributed by atoms with Crippen LogP contribution in [0.3, 0.4) is 0 Å². The largest absolute Gasteiger partial charge is 0.497 e. The van der Waals surface area contributed by atoms with E-state index in [1.54, 1.807) is 25.3 Å². The van der Waals surface area contributed by atoms with Gasteiger partial charge in [-0.2, -0.15) is 0 Å². The number of amides is 3. The summed E-state index contributed by atoms with van der Waals surface area (Å²) >= 11 is 1.33. The number of aromatic nitrogens is 1. The third-order valence-corrected chi connectivity index (χ3v) is 5.72. The first kappa shape index (κ1) is 19.1. The first-order valence-corrected chi connectivity index (χ1v) is 10.1. The second kappa shape index (κ2) is 7.63. The van der Waals surface area contributed by atoms with E-state index >= 15 is 0 Å². The standard InChI is InChI=1S/C21H19N3O4S/c1-3-4-9-24-19(26)14-7-5-12(10-15(14)20(24)27)18(25)23-21-22-16-8-6-13(28-2)11-17(16)29-21/h5-8,10-11H,3-4,9H2,1-2H3,(H,22,23,25). The Morgan fingerprint density at radius 1 is 1.14 bits per heavy atom. The Kier molecular flexibility index (Phi) is 5.02. The fourth-order valence-electron chi connectivity index (χ4n) is 3.21. The maximum atomic E-state index is 12.7. The molecule has 0 aliphatic carbocycles. The molecule has 0 unspecified atom stereocenters. The van der Waals surface area contributed by atoms with Crippen molar-refractivity contribution in [3.63, 3.8) is 0 Å². The minimum atomic E-state index is -0.383. The highest BCUT2D eigenvalue weighted by molar-refractivity contribution is 7.22. The summed E-state index contributed by atoms with van der Waals surface area (Å²) in [5.41, 5.74) is 1.67. The molecule has 29 heavy (non-hydrogen) atoms. The van der Waals surface area contributed by atoms with Crippen LogP contribution in [0.15, 0.2) is 36.4 Å². The van der Waals surface area contributed by atoms with Crippen LogP contribution in [0, 0.1) is 0 Å². The highest BCUT2D eigenvalue weighted by Gasteiger charge is 2.35. The van der Waals surface area contributed by atoms with Crippen LogP contribution in [0.25, 0.3) is 10.2 Å². The lowest BCUT2D eigenvalue weighted by atomic mass is 10.1. The monoisotopic (exact) mass is 409 g/mol. The Balaban J connectivity index is 1.56. The number of ether oxygens (including phenoxy) is 1. The molecular weight excluding hydrogens is 390 g/mol. The van der Waals surface area contributed by atoms with Gasteiger partial charge in [-0.1, -0.05) is 24.7 Å². The molecule has 4 rings (SSSR count). The molecule has 1 aromatic heterocycles. The molecule has 0 bridgehead atoms. The number of hydrogen-bond donors (Lipinski definition) is 1. The molecule has 0 fully saturated rings. The van der Waals surface area contributed by atoms with E-state index in [-0.39, 0.29) is 23.3 Å². The number of fused-ring (bicyclic) bond motifs is 2. The molecule has 0 radical (unpaired) electrons. The summed E-state index contributed by atoms with van der Waals surface area (Å²) in [4.78, 5) is 43.3. The summed E-state index contributed by atoms with van der Waals surface area (Å²) in [7, 11) is 1.59. The number of methoxy groups -OCH3 is 1. The zero-order valence-electron chi connectivity index (χ0n) is 16.0. The summed E-state index contributed by atoms with van der Waals surface area (Å²) < 4.78 is 6.09. The van der Waals surface area contributed by atoms with Crippen molar-refractivity contribution in [3.05, 3.63) is 53.1 Å². The lowest BCUT2D eigenvalue weighted by Gasteiger charge is -2.12. The van der Waals surface area contributed by atoms with Crippen LogP contribution in [0.2, 0.25) is 0 Å². The summed E-state index contributed by atoms with van der Waals surface area (Å²) in [6.07, 6.45) is 1.64. The van der Waals surface area contributed by atoms with E-state index in [4.69, 9.17) is 4.74 Å². The topological polar surface area (TPSA) is 88.6 Å². The molecule has 148 valence electrons. The van der Waals surface area contributed by atoms with Gasteiger partial charge in [0.25, 0.3) is 17.7 Å². The van der Waals surface area contributed by atoms with Crippen LogP contribution < -0.4 is 10.1 Å². The highest BCUT2D eigenvalue weighted by atomic mass is 32.1. The SMILES string of the molecule is CCCCN1C(=O)c2ccc(C(=O)Nc3nc4ccc(OC)cc4s3)cc2C1=O. The van der Waals surface area contributed by atoms with Crippen LogP contribution in [-0.4, -0.2) is 41.3 Å². The van der Waals surface area contributed by atoms with Crippen molar-refractivity contribution in [3.8, 4) is 5.75 Å². The Morgan fingerprint density at radius 2 is 1.93 bits per heavy atom. The van der Waals surface area contributed by atoms with Gasteiger partial charge in [-0.05, 0) is 42.8 Å². The molecule has 0 saturated carbocycles. The summed E-state index contributed by atoms with van der Waals surface area (Å²) in [5, 5.41) is 3.22. The van der Waals surface area contributed by atoms with Gasteiger partial charge in [0.15, 0.2) is 5.13 Å². The number of thiazole rings is 1. The molecule has 0 spiro atoms. The molecular formula is C21H19N3O4S. The number of carbonyl (C=O) groups is 3. The fraction of sp³-hybridized carbons (Fsp3) is 0.238. The number of carbonyl (C=O) groups excluding carboxylic acids is 3. The number of benzene rings is 2. The molecule has 8 heteroatoms. The van der Waals surface area contributed by atoms with Gasteiger partial charge in [-0.25, -0.2) is 4.98 Å². The number of nitrogens with one attached hydrogen (secondary N) is 1. The van der Waals surface area contributed by atoms with Crippen molar-refractivity contribution < 1.29 is 19.1 Å². The van der Waals surface area contributed by atoms with Gasteiger partial charge >= 0.3 is 0 Å². The molecule has 2 heterocycles. The van der Waals surface area contributed by atoms with Gasteiger partial charge in [0.05, 0.1) is 28.5 Å². The van der Waals surface area contributed by atoms with Gasteiger partial charge in [0, 0.05) is 12.1 Å². The van der Waals surface area contributed by atoms with Crippen molar-refractivity contribution in [2.24, 2.45) is 0 Å². The molecule has 1 N–H and O–H groups in total. The molecule has 7 nitrogen and oxygen atoms in total. The van der Waals surface area contributed by atoms with E-state index in [9.17, 15) is 14.4 Å². The molecule has 2 aromatic carbocycles. The van der Waals surface area contributed by atoms with E-state index < -0.39 is 0 Å². The minimum Gasteiger partial charge on any atom is -0.497 e.